The number of aliphatic hydroxyl groups excluding tert-OH is 1. The van der Waals surface area contributed by atoms with Crippen LogP contribution in [-0.2, 0) is 12.8 Å². The van der Waals surface area contributed by atoms with Crippen molar-refractivity contribution in [3.8, 4) is 0 Å². The highest BCUT2D eigenvalue weighted by molar-refractivity contribution is 5.27. The third-order valence-electron chi connectivity index (χ3n) is 2.32. The first-order valence-corrected chi connectivity index (χ1v) is 4.98. The van der Waals surface area contributed by atoms with E-state index < -0.39 is 0 Å². The first-order valence-electron chi connectivity index (χ1n) is 4.98. The van der Waals surface area contributed by atoms with Gasteiger partial charge in [-0.2, -0.15) is 5.10 Å². The smallest absolute Gasteiger partial charge is 0.0682 e. The monoisotopic (exact) mass is 182 g/mol. The Hall–Kier alpha value is -0.830. The molecule has 1 unspecified atom stereocenters. The molecule has 1 aliphatic carbocycles. The summed E-state index contributed by atoms with van der Waals surface area (Å²) in [6, 6.07) is 0. The fourth-order valence-electron chi connectivity index (χ4n) is 1.64. The number of hydrogen-bond acceptors (Lipinski definition) is 2. The molecule has 3 heteroatoms. The van der Waals surface area contributed by atoms with Gasteiger partial charge in [0.15, 0.2) is 0 Å². The van der Waals surface area contributed by atoms with E-state index >= 15 is 0 Å². The van der Waals surface area contributed by atoms with E-state index in [0.717, 1.165) is 30.7 Å². The lowest BCUT2D eigenvalue weighted by molar-refractivity contribution is 0.157. The molecule has 0 bridgehead atoms. The van der Waals surface area contributed by atoms with Gasteiger partial charge in [0.2, 0.25) is 0 Å². The SMILES string of the molecule is CC.Cc1[nH]nc2c1CCC(O)C2. The van der Waals surface area contributed by atoms with E-state index in [9.17, 15) is 5.11 Å². The minimum absolute atomic E-state index is 0.176. The maximum Gasteiger partial charge on any atom is 0.0682 e. The average molecular weight is 182 g/mol. The quantitative estimate of drug-likeness (QED) is 0.640. The van der Waals surface area contributed by atoms with Crippen LogP contribution in [0, 0.1) is 6.92 Å². The molecule has 0 saturated carbocycles. The van der Waals surface area contributed by atoms with Gasteiger partial charge in [-0.1, -0.05) is 13.8 Å². The number of nitrogens with zero attached hydrogens (tertiary/aromatic N) is 1. The molecular formula is C10H18N2O. The van der Waals surface area contributed by atoms with Crippen LogP contribution in [0.3, 0.4) is 0 Å². The van der Waals surface area contributed by atoms with Gasteiger partial charge in [0, 0.05) is 12.1 Å². The molecule has 3 nitrogen and oxygen atoms in total. The van der Waals surface area contributed by atoms with Crippen molar-refractivity contribution >= 4 is 0 Å². The Morgan fingerprint density at radius 2 is 2.15 bits per heavy atom. The lowest BCUT2D eigenvalue weighted by Crippen LogP contribution is -2.18. The predicted octanol–water partition coefficient (Wildman–Crippen LogP) is 1.59. The molecule has 0 spiro atoms. The van der Waals surface area contributed by atoms with Gasteiger partial charge >= 0.3 is 0 Å². The Morgan fingerprint density at radius 3 is 2.85 bits per heavy atom. The first kappa shape index (κ1) is 10.3. The van der Waals surface area contributed by atoms with Crippen molar-refractivity contribution in [3.05, 3.63) is 17.0 Å². The summed E-state index contributed by atoms with van der Waals surface area (Å²) in [4.78, 5) is 0. The summed E-state index contributed by atoms with van der Waals surface area (Å²) in [5.41, 5.74) is 3.53. The van der Waals surface area contributed by atoms with E-state index in [1.807, 2.05) is 20.8 Å². The highest BCUT2D eigenvalue weighted by Crippen LogP contribution is 2.21. The topological polar surface area (TPSA) is 48.9 Å². The lowest BCUT2D eigenvalue weighted by Gasteiger charge is -2.15. The number of aromatic nitrogens is 2. The molecule has 1 atom stereocenters. The number of rotatable bonds is 0. The fourth-order valence-corrected chi connectivity index (χ4v) is 1.64. The Bertz CT molecular complexity index is 268. The zero-order chi connectivity index (χ0) is 9.84. The Morgan fingerprint density at radius 1 is 1.46 bits per heavy atom. The normalized spacial score (nSPS) is 20.2. The van der Waals surface area contributed by atoms with E-state index in [4.69, 9.17) is 0 Å². The average Bonchev–Trinajstić information content (AvgIpc) is 2.51. The van der Waals surface area contributed by atoms with Crippen molar-refractivity contribution in [2.24, 2.45) is 0 Å². The van der Waals surface area contributed by atoms with Crippen molar-refractivity contribution in [3.63, 3.8) is 0 Å². The van der Waals surface area contributed by atoms with Gasteiger partial charge in [-0.15, -0.1) is 0 Å². The zero-order valence-electron chi connectivity index (χ0n) is 8.59. The summed E-state index contributed by atoms with van der Waals surface area (Å²) in [7, 11) is 0. The summed E-state index contributed by atoms with van der Waals surface area (Å²) in [6.07, 6.45) is 2.40. The highest BCUT2D eigenvalue weighted by Gasteiger charge is 2.19. The van der Waals surface area contributed by atoms with Crippen LogP contribution in [0.15, 0.2) is 0 Å². The molecule has 0 amide bonds. The molecule has 1 aromatic heterocycles. The summed E-state index contributed by atoms with van der Waals surface area (Å²) in [6.45, 7) is 6.03. The van der Waals surface area contributed by atoms with Crippen LogP contribution in [0.5, 0.6) is 0 Å². The minimum atomic E-state index is -0.176. The van der Waals surface area contributed by atoms with Crippen molar-refractivity contribution < 1.29 is 5.11 Å². The molecule has 2 rings (SSSR count). The van der Waals surface area contributed by atoms with Crippen molar-refractivity contribution in [2.75, 3.05) is 0 Å². The number of nitrogens with one attached hydrogen (secondary N) is 1. The van der Waals surface area contributed by atoms with Crippen LogP contribution >= 0.6 is 0 Å². The summed E-state index contributed by atoms with van der Waals surface area (Å²) in [5.74, 6) is 0. The third-order valence-corrected chi connectivity index (χ3v) is 2.32. The van der Waals surface area contributed by atoms with Crippen LogP contribution in [-0.4, -0.2) is 21.4 Å². The fraction of sp³-hybridized carbons (Fsp3) is 0.700. The molecule has 0 radical (unpaired) electrons. The second-order valence-electron chi connectivity index (χ2n) is 3.17. The lowest BCUT2D eigenvalue weighted by atomic mass is 9.94. The van der Waals surface area contributed by atoms with Gasteiger partial charge in [0.25, 0.3) is 0 Å². The van der Waals surface area contributed by atoms with Crippen LogP contribution in [0.1, 0.15) is 37.2 Å². The van der Waals surface area contributed by atoms with E-state index in [0.29, 0.717) is 0 Å². The van der Waals surface area contributed by atoms with Gasteiger partial charge < -0.3 is 5.11 Å². The van der Waals surface area contributed by atoms with Crippen LogP contribution in [0.2, 0.25) is 0 Å². The Balaban J connectivity index is 0.000000396. The maximum atomic E-state index is 9.31. The summed E-state index contributed by atoms with van der Waals surface area (Å²) in [5, 5.41) is 16.4. The van der Waals surface area contributed by atoms with Gasteiger partial charge in [0.1, 0.15) is 0 Å². The van der Waals surface area contributed by atoms with Crippen molar-refractivity contribution in [2.45, 2.75) is 46.1 Å². The van der Waals surface area contributed by atoms with Gasteiger partial charge in [-0.3, -0.25) is 5.10 Å². The summed E-state index contributed by atoms with van der Waals surface area (Å²) < 4.78 is 0. The molecule has 0 aromatic carbocycles. The molecule has 2 N–H and O–H groups in total. The minimum Gasteiger partial charge on any atom is -0.393 e. The van der Waals surface area contributed by atoms with Crippen LogP contribution < -0.4 is 0 Å². The van der Waals surface area contributed by atoms with E-state index in [-0.39, 0.29) is 6.10 Å². The van der Waals surface area contributed by atoms with Gasteiger partial charge in [-0.05, 0) is 25.3 Å². The molecule has 1 aromatic rings. The molecule has 74 valence electrons. The van der Waals surface area contributed by atoms with Gasteiger partial charge in [0.05, 0.1) is 11.8 Å². The van der Waals surface area contributed by atoms with E-state index in [2.05, 4.69) is 10.2 Å². The van der Waals surface area contributed by atoms with Crippen LogP contribution in [0.25, 0.3) is 0 Å². The van der Waals surface area contributed by atoms with Gasteiger partial charge in [-0.25, -0.2) is 0 Å². The molecule has 1 heterocycles. The van der Waals surface area contributed by atoms with Crippen LogP contribution in [0.4, 0.5) is 0 Å². The van der Waals surface area contributed by atoms with Crippen molar-refractivity contribution in [1.29, 1.82) is 0 Å². The highest BCUT2D eigenvalue weighted by atomic mass is 16.3. The second kappa shape index (κ2) is 4.42. The molecule has 0 aliphatic heterocycles. The number of aliphatic hydroxyl groups is 1. The number of aryl methyl sites for hydroxylation is 1. The largest absolute Gasteiger partial charge is 0.393 e. The molecule has 0 fully saturated rings. The predicted molar refractivity (Wildman–Crippen MR) is 52.7 cm³/mol. The number of aromatic amines is 1. The molecule has 1 aliphatic rings. The molecular weight excluding hydrogens is 164 g/mol. The molecule has 13 heavy (non-hydrogen) atoms. The standard InChI is InChI=1S/C8H12N2O.C2H6/c1-5-7-3-2-6(11)4-8(7)10-9-5;1-2/h6,11H,2-4H2,1H3,(H,9,10);1-2H3. The Kier molecular flexibility index (Phi) is 3.48. The van der Waals surface area contributed by atoms with E-state index in [1.54, 1.807) is 0 Å². The third kappa shape index (κ3) is 2.10. The number of H-pyrrole nitrogens is 1. The number of fused-ring (bicyclic) bond motifs is 1. The second-order valence-corrected chi connectivity index (χ2v) is 3.17. The summed E-state index contributed by atoms with van der Waals surface area (Å²) >= 11 is 0. The maximum absolute atomic E-state index is 9.31. The zero-order valence-corrected chi connectivity index (χ0v) is 8.59. The first-order chi connectivity index (χ1) is 6.27. The molecule has 0 saturated heterocycles. The number of hydrogen-bond donors (Lipinski definition) is 2. The Labute approximate surface area is 79.2 Å². The van der Waals surface area contributed by atoms with Crippen molar-refractivity contribution in [1.82, 2.24) is 10.2 Å². The van der Waals surface area contributed by atoms with E-state index in [1.165, 1.54) is 5.56 Å².